The van der Waals surface area contributed by atoms with Gasteiger partial charge in [-0.3, -0.25) is 4.79 Å². The Morgan fingerprint density at radius 2 is 2.10 bits per heavy atom. The van der Waals surface area contributed by atoms with Crippen LogP contribution in [-0.2, 0) is 0 Å². The summed E-state index contributed by atoms with van der Waals surface area (Å²) in [6.45, 7) is 7.15. The molecule has 20 heavy (non-hydrogen) atoms. The van der Waals surface area contributed by atoms with Gasteiger partial charge in [0.1, 0.15) is 11.0 Å². The van der Waals surface area contributed by atoms with Crippen LogP contribution in [-0.4, -0.2) is 17.4 Å². The number of pyridine rings is 1. The molecular formula is C15H24ClN3O. The van der Waals surface area contributed by atoms with Gasteiger partial charge in [-0.2, -0.15) is 0 Å². The Bertz CT molecular complexity index is 440. The lowest BCUT2D eigenvalue weighted by Crippen LogP contribution is -2.34. The largest absolute Gasteiger partial charge is 0.384 e. The van der Waals surface area contributed by atoms with E-state index in [1.54, 1.807) is 0 Å². The van der Waals surface area contributed by atoms with Gasteiger partial charge in [-0.15, -0.1) is 0 Å². The summed E-state index contributed by atoms with van der Waals surface area (Å²) in [5.41, 5.74) is 6.13. The van der Waals surface area contributed by atoms with Crippen molar-refractivity contribution >= 4 is 23.3 Å². The van der Waals surface area contributed by atoms with Gasteiger partial charge in [-0.1, -0.05) is 51.6 Å². The predicted octanol–water partition coefficient (Wildman–Crippen LogP) is 3.65. The first kappa shape index (κ1) is 16.8. The van der Waals surface area contributed by atoms with Crippen LogP contribution in [0, 0.1) is 5.41 Å². The number of hydrogen-bond donors (Lipinski definition) is 2. The number of carbonyl (C=O) groups is 1. The van der Waals surface area contributed by atoms with Gasteiger partial charge in [0.15, 0.2) is 0 Å². The number of anilines is 1. The molecule has 0 bridgehead atoms. The van der Waals surface area contributed by atoms with Gasteiger partial charge in [-0.05, 0) is 24.0 Å². The summed E-state index contributed by atoms with van der Waals surface area (Å²) in [6.07, 6.45) is 4.72. The molecule has 0 aromatic carbocycles. The third-order valence-electron chi connectivity index (χ3n) is 3.26. The van der Waals surface area contributed by atoms with Crippen LogP contribution >= 0.6 is 11.6 Å². The van der Waals surface area contributed by atoms with Crippen molar-refractivity contribution in [3.8, 4) is 0 Å². The number of halogens is 1. The minimum atomic E-state index is -0.162. The minimum absolute atomic E-state index is 0.0905. The SMILES string of the molecule is CCCCCC(C)(C)CNC(=O)c1cc(N)nc(Cl)c1. The molecule has 0 aliphatic carbocycles. The minimum Gasteiger partial charge on any atom is -0.384 e. The van der Waals surface area contributed by atoms with Gasteiger partial charge < -0.3 is 11.1 Å². The molecule has 0 aliphatic heterocycles. The summed E-state index contributed by atoms with van der Waals surface area (Å²) in [5.74, 6) is 0.0921. The Labute approximate surface area is 126 Å². The van der Waals surface area contributed by atoms with E-state index in [-0.39, 0.29) is 22.3 Å². The number of nitrogens with zero attached hydrogens (tertiary/aromatic N) is 1. The lowest BCUT2D eigenvalue weighted by Gasteiger charge is -2.25. The van der Waals surface area contributed by atoms with E-state index in [4.69, 9.17) is 17.3 Å². The summed E-state index contributed by atoms with van der Waals surface area (Å²) < 4.78 is 0. The van der Waals surface area contributed by atoms with E-state index in [0.29, 0.717) is 12.1 Å². The van der Waals surface area contributed by atoms with Gasteiger partial charge >= 0.3 is 0 Å². The number of hydrogen-bond acceptors (Lipinski definition) is 3. The van der Waals surface area contributed by atoms with Crippen LogP contribution in [0.4, 0.5) is 5.82 Å². The van der Waals surface area contributed by atoms with E-state index in [1.165, 1.54) is 31.4 Å². The summed E-state index contributed by atoms with van der Waals surface area (Å²) >= 11 is 5.80. The van der Waals surface area contributed by atoms with Crippen LogP contribution in [0.3, 0.4) is 0 Å². The second kappa shape index (κ2) is 7.48. The van der Waals surface area contributed by atoms with Crippen molar-refractivity contribution < 1.29 is 4.79 Å². The third-order valence-corrected chi connectivity index (χ3v) is 3.45. The monoisotopic (exact) mass is 297 g/mol. The summed E-state index contributed by atoms with van der Waals surface area (Å²) in [6, 6.07) is 3.06. The first-order chi connectivity index (χ1) is 9.34. The normalized spacial score (nSPS) is 11.4. The number of nitrogens with one attached hydrogen (secondary N) is 1. The number of nitrogens with two attached hydrogens (primary N) is 1. The van der Waals surface area contributed by atoms with Crippen molar-refractivity contribution in [1.29, 1.82) is 0 Å². The van der Waals surface area contributed by atoms with Gasteiger partial charge in [0.25, 0.3) is 5.91 Å². The van der Waals surface area contributed by atoms with Gasteiger partial charge in [-0.25, -0.2) is 4.98 Å². The molecule has 4 nitrogen and oxygen atoms in total. The van der Waals surface area contributed by atoms with Crippen molar-refractivity contribution in [1.82, 2.24) is 10.3 Å². The molecule has 5 heteroatoms. The average Bonchev–Trinajstić information content (AvgIpc) is 2.35. The quantitative estimate of drug-likeness (QED) is 0.596. The topological polar surface area (TPSA) is 68.0 Å². The maximum absolute atomic E-state index is 12.1. The average molecular weight is 298 g/mol. The zero-order valence-electron chi connectivity index (χ0n) is 12.5. The molecule has 1 aromatic heterocycles. The highest BCUT2D eigenvalue weighted by atomic mass is 35.5. The molecule has 1 aromatic rings. The fourth-order valence-corrected chi connectivity index (χ4v) is 2.23. The zero-order valence-corrected chi connectivity index (χ0v) is 13.3. The lowest BCUT2D eigenvalue weighted by molar-refractivity contribution is 0.0934. The molecule has 1 heterocycles. The van der Waals surface area contributed by atoms with E-state index < -0.39 is 0 Å². The predicted molar refractivity (Wildman–Crippen MR) is 83.9 cm³/mol. The molecule has 0 saturated carbocycles. The lowest BCUT2D eigenvalue weighted by atomic mass is 9.87. The first-order valence-electron chi connectivity index (χ1n) is 7.05. The maximum atomic E-state index is 12.1. The van der Waals surface area contributed by atoms with Crippen LogP contribution in [0.5, 0.6) is 0 Å². The molecular weight excluding hydrogens is 274 g/mol. The fraction of sp³-hybridized carbons (Fsp3) is 0.600. The molecule has 0 radical (unpaired) electrons. The summed E-state index contributed by atoms with van der Waals surface area (Å²) in [4.78, 5) is 15.9. The van der Waals surface area contributed by atoms with Gasteiger partial charge in [0.2, 0.25) is 0 Å². The van der Waals surface area contributed by atoms with Crippen molar-refractivity contribution in [2.24, 2.45) is 5.41 Å². The van der Waals surface area contributed by atoms with Gasteiger partial charge in [0, 0.05) is 12.1 Å². The number of amides is 1. The molecule has 0 unspecified atom stereocenters. The van der Waals surface area contributed by atoms with Crippen LogP contribution in [0.15, 0.2) is 12.1 Å². The third kappa shape index (κ3) is 5.78. The molecule has 1 amide bonds. The molecule has 1 rings (SSSR count). The van der Waals surface area contributed by atoms with E-state index in [9.17, 15) is 4.79 Å². The standard InChI is InChI=1S/C15H24ClN3O/c1-4-5-6-7-15(2,3)10-18-14(20)11-8-12(16)19-13(17)9-11/h8-9H,4-7,10H2,1-3H3,(H2,17,19)(H,18,20). The Morgan fingerprint density at radius 1 is 1.40 bits per heavy atom. The van der Waals surface area contributed by atoms with Crippen LogP contribution in [0.25, 0.3) is 0 Å². The molecule has 0 aliphatic rings. The van der Waals surface area contributed by atoms with E-state index in [0.717, 1.165) is 6.42 Å². The second-order valence-corrected chi connectivity index (χ2v) is 6.29. The Hall–Kier alpha value is -1.29. The van der Waals surface area contributed by atoms with Crippen molar-refractivity contribution in [3.63, 3.8) is 0 Å². The van der Waals surface area contributed by atoms with Crippen molar-refractivity contribution in [2.75, 3.05) is 12.3 Å². The van der Waals surface area contributed by atoms with Crippen LogP contribution in [0.1, 0.15) is 56.8 Å². The number of nitrogen functional groups attached to an aromatic ring is 1. The van der Waals surface area contributed by atoms with Gasteiger partial charge in [0.05, 0.1) is 0 Å². The highest BCUT2D eigenvalue weighted by Gasteiger charge is 2.19. The van der Waals surface area contributed by atoms with Crippen molar-refractivity contribution in [2.45, 2.75) is 46.5 Å². The molecule has 112 valence electrons. The Morgan fingerprint density at radius 3 is 2.70 bits per heavy atom. The number of rotatable bonds is 7. The Balaban J connectivity index is 2.53. The second-order valence-electron chi connectivity index (χ2n) is 5.91. The van der Waals surface area contributed by atoms with E-state index in [1.807, 2.05) is 0 Å². The number of unbranched alkanes of at least 4 members (excludes halogenated alkanes) is 2. The fourth-order valence-electron chi connectivity index (χ4n) is 2.01. The van der Waals surface area contributed by atoms with Crippen LogP contribution < -0.4 is 11.1 Å². The Kier molecular flexibility index (Phi) is 6.27. The van der Waals surface area contributed by atoms with E-state index >= 15 is 0 Å². The highest BCUT2D eigenvalue weighted by Crippen LogP contribution is 2.23. The summed E-state index contributed by atoms with van der Waals surface area (Å²) in [5, 5.41) is 3.17. The summed E-state index contributed by atoms with van der Waals surface area (Å²) in [7, 11) is 0. The molecule has 0 fully saturated rings. The molecule has 0 saturated heterocycles. The molecule has 3 N–H and O–H groups in total. The first-order valence-corrected chi connectivity index (χ1v) is 7.43. The number of aromatic nitrogens is 1. The number of carbonyl (C=O) groups excluding carboxylic acids is 1. The smallest absolute Gasteiger partial charge is 0.251 e. The zero-order chi connectivity index (χ0) is 15.2. The molecule has 0 atom stereocenters. The van der Waals surface area contributed by atoms with Crippen LogP contribution in [0.2, 0.25) is 5.15 Å². The molecule has 0 spiro atoms. The maximum Gasteiger partial charge on any atom is 0.251 e. The highest BCUT2D eigenvalue weighted by molar-refractivity contribution is 6.29. The van der Waals surface area contributed by atoms with E-state index in [2.05, 4.69) is 31.1 Å². The van der Waals surface area contributed by atoms with Crippen molar-refractivity contribution in [3.05, 3.63) is 22.8 Å².